The van der Waals surface area contributed by atoms with E-state index < -0.39 is 5.60 Å². The summed E-state index contributed by atoms with van der Waals surface area (Å²) < 4.78 is 5.65. The van der Waals surface area contributed by atoms with Gasteiger partial charge in [-0.3, -0.25) is 0 Å². The van der Waals surface area contributed by atoms with Crippen LogP contribution in [0.5, 0.6) is 5.75 Å². The summed E-state index contributed by atoms with van der Waals surface area (Å²) in [7, 11) is 2.07. The molecular formula is C17H30Cl2N2O2. The summed E-state index contributed by atoms with van der Waals surface area (Å²) >= 11 is 0. The van der Waals surface area contributed by atoms with E-state index in [-0.39, 0.29) is 30.9 Å². The molecule has 0 spiro atoms. The molecule has 1 aromatic carbocycles. The number of benzene rings is 1. The monoisotopic (exact) mass is 364 g/mol. The summed E-state index contributed by atoms with van der Waals surface area (Å²) in [4.78, 5) is 2.19. The number of ether oxygens (including phenoxy) is 1. The molecule has 4 nitrogen and oxygen atoms in total. The first-order valence-electron chi connectivity index (χ1n) is 7.89. The van der Waals surface area contributed by atoms with Crippen molar-refractivity contribution in [3.8, 4) is 5.75 Å². The fraction of sp³-hybridized carbons (Fsp3) is 0.647. The smallest absolute Gasteiger partial charge is 0.119 e. The molecule has 2 rings (SSSR count). The number of hydrogen-bond acceptors (Lipinski definition) is 4. The van der Waals surface area contributed by atoms with E-state index in [1.807, 2.05) is 26.0 Å². The van der Waals surface area contributed by atoms with E-state index in [0.717, 1.165) is 50.3 Å². The van der Waals surface area contributed by atoms with Crippen molar-refractivity contribution in [2.75, 3.05) is 31.6 Å². The molecule has 1 aliphatic heterocycles. The van der Waals surface area contributed by atoms with Gasteiger partial charge >= 0.3 is 0 Å². The van der Waals surface area contributed by atoms with Gasteiger partial charge in [-0.2, -0.15) is 0 Å². The Labute approximate surface area is 152 Å². The lowest BCUT2D eigenvalue weighted by molar-refractivity contribution is 0.00460. The van der Waals surface area contributed by atoms with Crippen molar-refractivity contribution in [3.05, 3.63) is 24.3 Å². The maximum atomic E-state index is 10.5. The largest absolute Gasteiger partial charge is 0.491 e. The van der Waals surface area contributed by atoms with Gasteiger partial charge in [0.1, 0.15) is 5.75 Å². The van der Waals surface area contributed by atoms with Crippen LogP contribution >= 0.6 is 24.8 Å². The van der Waals surface area contributed by atoms with Crippen LogP contribution in [0.4, 0.5) is 5.69 Å². The molecule has 0 bridgehead atoms. The molecule has 0 amide bonds. The van der Waals surface area contributed by atoms with E-state index in [0.29, 0.717) is 0 Å². The van der Waals surface area contributed by atoms with Crippen molar-refractivity contribution in [2.24, 2.45) is 0 Å². The third-order valence-electron chi connectivity index (χ3n) is 4.10. The van der Waals surface area contributed by atoms with Gasteiger partial charge in [-0.05, 0) is 70.5 Å². The molecule has 0 unspecified atom stereocenters. The maximum Gasteiger partial charge on any atom is 0.119 e. The van der Waals surface area contributed by atoms with Crippen LogP contribution < -0.4 is 15.0 Å². The summed E-state index contributed by atoms with van der Waals surface area (Å²) in [5.74, 6) is 0.902. The minimum Gasteiger partial charge on any atom is -0.491 e. The minimum atomic E-state index is -0.500. The lowest BCUT2D eigenvalue weighted by Crippen LogP contribution is -2.43. The quantitative estimate of drug-likeness (QED) is 0.812. The van der Waals surface area contributed by atoms with E-state index in [1.54, 1.807) is 0 Å². The molecule has 1 heterocycles. The number of nitrogens with zero attached hydrogens (tertiary/aromatic N) is 1. The van der Waals surface area contributed by atoms with Crippen LogP contribution in [-0.4, -0.2) is 43.5 Å². The molecule has 1 saturated heterocycles. The molecule has 0 atom stereocenters. The Morgan fingerprint density at radius 3 is 2.26 bits per heavy atom. The standard InChI is InChI=1S/C17H28N2O2.2ClH/c1-14(2)21-16-6-4-15(5-7-16)19(3)13-10-17(20)8-11-18-12-9-17;;/h4-7,14,18,20H,8-13H2,1-3H3;2*1H. The number of hydrogen-bond donors (Lipinski definition) is 2. The molecule has 0 saturated carbocycles. The van der Waals surface area contributed by atoms with Crippen molar-refractivity contribution in [3.63, 3.8) is 0 Å². The highest BCUT2D eigenvalue weighted by atomic mass is 35.5. The van der Waals surface area contributed by atoms with Gasteiger partial charge in [0.25, 0.3) is 0 Å². The van der Waals surface area contributed by atoms with Crippen LogP contribution in [-0.2, 0) is 0 Å². The predicted octanol–water partition coefficient (Wildman–Crippen LogP) is 3.26. The van der Waals surface area contributed by atoms with Crippen molar-refractivity contribution in [1.29, 1.82) is 0 Å². The average Bonchev–Trinajstić information content (AvgIpc) is 2.46. The molecule has 1 aliphatic rings. The van der Waals surface area contributed by atoms with Gasteiger partial charge in [-0.1, -0.05) is 0 Å². The molecule has 0 aromatic heterocycles. The molecule has 6 heteroatoms. The second kappa shape index (κ2) is 10.2. The Hall–Kier alpha value is -0.680. The number of anilines is 1. The molecule has 2 N–H and O–H groups in total. The SMILES string of the molecule is CC(C)Oc1ccc(N(C)CCC2(O)CCNCC2)cc1.Cl.Cl. The van der Waals surface area contributed by atoms with Crippen LogP contribution in [0.1, 0.15) is 33.1 Å². The van der Waals surface area contributed by atoms with Crippen LogP contribution in [0, 0.1) is 0 Å². The zero-order valence-corrected chi connectivity index (χ0v) is 15.9. The lowest BCUT2D eigenvalue weighted by atomic mass is 9.89. The van der Waals surface area contributed by atoms with Crippen molar-refractivity contribution in [2.45, 2.75) is 44.8 Å². The summed E-state index contributed by atoms with van der Waals surface area (Å²) in [6, 6.07) is 8.16. The number of halogens is 2. The third-order valence-corrected chi connectivity index (χ3v) is 4.10. The van der Waals surface area contributed by atoms with Gasteiger partial charge in [0.05, 0.1) is 11.7 Å². The first-order valence-corrected chi connectivity index (χ1v) is 7.89. The highest BCUT2D eigenvalue weighted by Crippen LogP contribution is 2.24. The topological polar surface area (TPSA) is 44.7 Å². The van der Waals surface area contributed by atoms with E-state index in [4.69, 9.17) is 4.74 Å². The minimum absolute atomic E-state index is 0. The Balaban J connectivity index is 0.00000242. The maximum absolute atomic E-state index is 10.5. The summed E-state index contributed by atoms with van der Waals surface area (Å²) in [6.45, 7) is 6.75. The molecule has 0 aliphatic carbocycles. The number of piperidine rings is 1. The Morgan fingerprint density at radius 1 is 1.17 bits per heavy atom. The second-order valence-electron chi connectivity index (χ2n) is 6.31. The predicted molar refractivity (Wildman–Crippen MR) is 102 cm³/mol. The fourth-order valence-corrected chi connectivity index (χ4v) is 2.70. The lowest BCUT2D eigenvalue weighted by Gasteiger charge is -2.34. The second-order valence-corrected chi connectivity index (χ2v) is 6.31. The fourth-order valence-electron chi connectivity index (χ4n) is 2.70. The molecule has 1 fully saturated rings. The molecule has 23 heavy (non-hydrogen) atoms. The summed E-state index contributed by atoms with van der Waals surface area (Å²) in [6.07, 6.45) is 2.71. The highest BCUT2D eigenvalue weighted by molar-refractivity contribution is 5.85. The third kappa shape index (κ3) is 7.17. The van der Waals surface area contributed by atoms with Crippen LogP contribution in [0.15, 0.2) is 24.3 Å². The van der Waals surface area contributed by atoms with Crippen LogP contribution in [0.3, 0.4) is 0 Å². The van der Waals surface area contributed by atoms with Gasteiger partial charge in [0, 0.05) is 19.3 Å². The van der Waals surface area contributed by atoms with E-state index in [9.17, 15) is 5.11 Å². The molecule has 0 radical (unpaired) electrons. The van der Waals surface area contributed by atoms with Crippen molar-refractivity contribution >= 4 is 30.5 Å². The number of nitrogens with one attached hydrogen (secondary N) is 1. The van der Waals surface area contributed by atoms with Crippen LogP contribution in [0.25, 0.3) is 0 Å². The van der Waals surface area contributed by atoms with Crippen molar-refractivity contribution in [1.82, 2.24) is 5.32 Å². The Kier molecular flexibility index (Phi) is 9.94. The molecular weight excluding hydrogens is 335 g/mol. The number of aliphatic hydroxyl groups is 1. The van der Waals surface area contributed by atoms with Crippen LogP contribution in [0.2, 0.25) is 0 Å². The van der Waals surface area contributed by atoms with Gasteiger partial charge in [0.15, 0.2) is 0 Å². The Bertz CT molecular complexity index is 435. The first kappa shape index (κ1) is 22.3. The average molecular weight is 365 g/mol. The normalized spacial score (nSPS) is 16.2. The summed E-state index contributed by atoms with van der Waals surface area (Å²) in [5.41, 5.74) is 0.656. The van der Waals surface area contributed by atoms with Gasteiger partial charge < -0.3 is 20.1 Å². The zero-order valence-electron chi connectivity index (χ0n) is 14.2. The zero-order chi connectivity index (χ0) is 15.3. The van der Waals surface area contributed by atoms with Crippen molar-refractivity contribution < 1.29 is 9.84 Å². The van der Waals surface area contributed by atoms with E-state index >= 15 is 0 Å². The first-order chi connectivity index (χ1) is 9.98. The Morgan fingerprint density at radius 2 is 1.74 bits per heavy atom. The van der Waals surface area contributed by atoms with Gasteiger partial charge in [0.2, 0.25) is 0 Å². The van der Waals surface area contributed by atoms with Gasteiger partial charge in [-0.15, -0.1) is 24.8 Å². The molecule has 134 valence electrons. The summed E-state index contributed by atoms with van der Waals surface area (Å²) in [5, 5.41) is 13.8. The van der Waals surface area contributed by atoms with Gasteiger partial charge in [-0.25, -0.2) is 0 Å². The molecule has 1 aromatic rings. The van der Waals surface area contributed by atoms with E-state index in [1.165, 1.54) is 0 Å². The van der Waals surface area contributed by atoms with E-state index in [2.05, 4.69) is 29.4 Å². The number of rotatable bonds is 6. The highest BCUT2D eigenvalue weighted by Gasteiger charge is 2.28.